The van der Waals surface area contributed by atoms with E-state index < -0.39 is 15.8 Å². The van der Waals surface area contributed by atoms with E-state index >= 15 is 0 Å². The Morgan fingerprint density at radius 1 is 1.36 bits per heavy atom. The zero-order chi connectivity index (χ0) is 18.2. The summed E-state index contributed by atoms with van der Waals surface area (Å²) in [7, 11) is 0.0287. The van der Waals surface area contributed by atoms with Crippen molar-refractivity contribution in [1.82, 2.24) is 15.0 Å². The molecular weight excluding hydrogens is 348 g/mol. The number of ether oxygens (including phenoxy) is 1. The van der Waals surface area contributed by atoms with Crippen LogP contribution in [0.2, 0.25) is 0 Å². The van der Waals surface area contributed by atoms with Crippen molar-refractivity contribution in [2.24, 2.45) is 0 Å². The molecule has 0 amide bonds. The number of nitrogens with zero attached hydrogens (tertiary/aromatic N) is 4. The molecule has 2 aromatic rings. The maximum atomic E-state index is 11.7. The molecule has 1 fully saturated rings. The molecule has 0 spiro atoms. The quantitative estimate of drug-likeness (QED) is 0.818. The van der Waals surface area contributed by atoms with Crippen molar-refractivity contribution in [3.8, 4) is 11.4 Å². The molecule has 0 saturated carbocycles. The van der Waals surface area contributed by atoms with Crippen molar-refractivity contribution < 1.29 is 23.1 Å². The van der Waals surface area contributed by atoms with Crippen LogP contribution in [0.15, 0.2) is 24.3 Å². The fraction of sp³-hybridized carbons (Fsp3) is 0.400. The van der Waals surface area contributed by atoms with Crippen LogP contribution in [0.5, 0.6) is 5.75 Å². The van der Waals surface area contributed by atoms with Crippen LogP contribution in [0.25, 0.3) is 5.69 Å². The molecule has 9 nitrogen and oxygen atoms in total. The molecule has 10 heteroatoms. The average molecular weight is 366 g/mol. The first-order chi connectivity index (χ1) is 11.8. The lowest BCUT2D eigenvalue weighted by Gasteiger charge is -2.22. The van der Waals surface area contributed by atoms with Crippen LogP contribution >= 0.6 is 0 Å². The summed E-state index contributed by atoms with van der Waals surface area (Å²) in [4.78, 5) is 14.3. The topological polar surface area (TPSA) is 115 Å². The Morgan fingerprint density at radius 3 is 2.68 bits per heavy atom. The van der Waals surface area contributed by atoms with Gasteiger partial charge in [-0.1, -0.05) is 12.1 Å². The summed E-state index contributed by atoms with van der Waals surface area (Å²) in [6, 6.07) is 6.63. The number of carboxylic acids is 1. The predicted molar refractivity (Wildman–Crippen MR) is 90.3 cm³/mol. The number of aromatic nitrogens is 3. The molecule has 3 rings (SSSR count). The van der Waals surface area contributed by atoms with Gasteiger partial charge < -0.3 is 14.7 Å². The summed E-state index contributed by atoms with van der Waals surface area (Å²) in [5.41, 5.74) is 0.254. The van der Waals surface area contributed by atoms with E-state index in [0.717, 1.165) is 0 Å². The van der Waals surface area contributed by atoms with Gasteiger partial charge in [0.2, 0.25) is 5.69 Å². The van der Waals surface area contributed by atoms with Crippen LogP contribution in [0.4, 0.5) is 5.82 Å². The number of methoxy groups -OCH3 is 1. The third kappa shape index (κ3) is 3.29. The van der Waals surface area contributed by atoms with E-state index in [2.05, 4.69) is 10.2 Å². The molecule has 1 atom stereocenters. The monoisotopic (exact) mass is 366 g/mol. The molecule has 0 bridgehead atoms. The van der Waals surface area contributed by atoms with Gasteiger partial charge in [0.05, 0.1) is 18.6 Å². The summed E-state index contributed by atoms with van der Waals surface area (Å²) < 4.78 is 28.7. The van der Waals surface area contributed by atoms with Crippen molar-refractivity contribution in [2.45, 2.75) is 12.5 Å². The summed E-state index contributed by atoms with van der Waals surface area (Å²) in [6.45, 7) is 0. The number of hydrogen-bond donors (Lipinski definition) is 1. The summed E-state index contributed by atoms with van der Waals surface area (Å²) in [5.74, 6) is -0.550. The van der Waals surface area contributed by atoms with E-state index in [9.17, 15) is 18.3 Å². The van der Waals surface area contributed by atoms with Crippen molar-refractivity contribution in [3.63, 3.8) is 0 Å². The number of anilines is 1. The van der Waals surface area contributed by atoms with Crippen LogP contribution in [-0.4, -0.2) is 66.2 Å². The number of aromatic carboxylic acids is 1. The normalized spacial score (nSPS) is 18.9. The van der Waals surface area contributed by atoms with Gasteiger partial charge in [-0.05, 0) is 18.6 Å². The van der Waals surface area contributed by atoms with Crippen molar-refractivity contribution in [2.75, 3.05) is 30.6 Å². The SMILES string of the molecule is COc1ccccc1-n1nc(C(=O)O)c(N(C)C2CCS(=O)(=O)C2)n1. The van der Waals surface area contributed by atoms with E-state index in [1.54, 1.807) is 36.2 Å². The molecule has 1 saturated heterocycles. The maximum absolute atomic E-state index is 11.7. The highest BCUT2D eigenvalue weighted by atomic mass is 32.2. The Morgan fingerprint density at radius 2 is 2.08 bits per heavy atom. The first kappa shape index (κ1) is 17.2. The second kappa shape index (κ2) is 6.36. The molecule has 25 heavy (non-hydrogen) atoms. The Kier molecular flexibility index (Phi) is 4.38. The fourth-order valence-corrected chi connectivity index (χ4v) is 4.61. The van der Waals surface area contributed by atoms with Crippen LogP contribution in [0.1, 0.15) is 16.9 Å². The van der Waals surface area contributed by atoms with Crippen LogP contribution in [-0.2, 0) is 9.84 Å². The summed E-state index contributed by atoms with van der Waals surface area (Å²) >= 11 is 0. The minimum absolute atomic E-state index is 0.0237. The molecule has 1 aromatic carbocycles. The molecule has 1 aromatic heterocycles. The van der Waals surface area contributed by atoms with E-state index in [4.69, 9.17) is 4.74 Å². The minimum Gasteiger partial charge on any atom is -0.494 e. The molecule has 0 aliphatic carbocycles. The van der Waals surface area contributed by atoms with E-state index in [1.807, 2.05) is 0 Å². The Bertz CT molecular complexity index is 908. The highest BCUT2D eigenvalue weighted by Crippen LogP contribution is 2.27. The lowest BCUT2D eigenvalue weighted by atomic mass is 10.2. The van der Waals surface area contributed by atoms with Gasteiger partial charge in [-0.2, -0.15) is 0 Å². The molecule has 1 aliphatic heterocycles. The number of hydrogen-bond acceptors (Lipinski definition) is 7. The van der Waals surface area contributed by atoms with Gasteiger partial charge in [0.25, 0.3) is 0 Å². The van der Waals surface area contributed by atoms with Gasteiger partial charge in [-0.25, -0.2) is 13.2 Å². The zero-order valence-electron chi connectivity index (χ0n) is 13.8. The van der Waals surface area contributed by atoms with Crippen LogP contribution in [0, 0.1) is 0 Å². The van der Waals surface area contributed by atoms with Gasteiger partial charge in [0.1, 0.15) is 11.4 Å². The third-order valence-electron chi connectivity index (χ3n) is 4.19. The number of carboxylic acid groups (broad SMARTS) is 1. The van der Waals surface area contributed by atoms with E-state index in [1.165, 1.54) is 11.9 Å². The van der Waals surface area contributed by atoms with Crippen molar-refractivity contribution in [3.05, 3.63) is 30.0 Å². The first-order valence-corrected chi connectivity index (χ1v) is 9.42. The summed E-state index contributed by atoms with van der Waals surface area (Å²) in [6.07, 6.45) is 0.430. The number of sulfone groups is 1. The van der Waals surface area contributed by atoms with Gasteiger partial charge in [0, 0.05) is 13.1 Å². The number of rotatable bonds is 5. The maximum Gasteiger partial charge on any atom is 0.360 e. The average Bonchev–Trinajstić information content (AvgIpc) is 3.17. The van der Waals surface area contributed by atoms with Crippen LogP contribution < -0.4 is 9.64 Å². The Hall–Kier alpha value is -2.62. The van der Waals surface area contributed by atoms with Crippen molar-refractivity contribution >= 4 is 21.6 Å². The number of carbonyl (C=O) groups is 1. The Labute approximate surface area is 144 Å². The minimum atomic E-state index is -3.10. The van der Waals surface area contributed by atoms with Gasteiger partial charge in [-0.15, -0.1) is 15.0 Å². The Balaban J connectivity index is 2.02. The largest absolute Gasteiger partial charge is 0.494 e. The van der Waals surface area contributed by atoms with Crippen LogP contribution in [0.3, 0.4) is 0 Å². The number of benzene rings is 1. The third-order valence-corrected chi connectivity index (χ3v) is 5.94. The summed E-state index contributed by atoms with van der Waals surface area (Å²) in [5, 5.41) is 17.8. The zero-order valence-corrected chi connectivity index (χ0v) is 14.6. The predicted octanol–water partition coefficient (Wildman–Crippen LogP) is 0.597. The molecule has 1 unspecified atom stereocenters. The first-order valence-electron chi connectivity index (χ1n) is 7.59. The number of para-hydroxylation sites is 2. The highest BCUT2D eigenvalue weighted by molar-refractivity contribution is 7.91. The van der Waals surface area contributed by atoms with Gasteiger partial charge in [-0.3, -0.25) is 0 Å². The standard InChI is InChI=1S/C15H18N4O5S/c1-18(10-7-8-25(22,23)9-10)14-13(15(20)21)16-19(17-14)11-5-3-4-6-12(11)24-2/h3-6,10H,7-9H2,1-2H3,(H,20,21). The second-order valence-corrected chi connectivity index (χ2v) is 8.04. The second-order valence-electron chi connectivity index (χ2n) is 5.81. The lowest BCUT2D eigenvalue weighted by Crippen LogP contribution is -2.34. The van der Waals surface area contributed by atoms with Gasteiger partial charge >= 0.3 is 5.97 Å². The molecule has 0 radical (unpaired) electrons. The van der Waals surface area contributed by atoms with Crippen molar-refractivity contribution in [1.29, 1.82) is 0 Å². The van der Waals surface area contributed by atoms with Gasteiger partial charge in [0.15, 0.2) is 15.7 Å². The molecule has 134 valence electrons. The molecule has 1 aliphatic rings. The van der Waals surface area contributed by atoms with E-state index in [0.29, 0.717) is 17.9 Å². The van der Waals surface area contributed by atoms with E-state index in [-0.39, 0.29) is 29.1 Å². The fourth-order valence-electron chi connectivity index (χ4n) is 2.83. The molecule has 2 heterocycles. The lowest BCUT2D eigenvalue weighted by molar-refractivity contribution is 0.0690. The molecular formula is C15H18N4O5S. The molecule has 1 N–H and O–H groups in total. The highest BCUT2D eigenvalue weighted by Gasteiger charge is 2.34. The smallest absolute Gasteiger partial charge is 0.360 e.